The molecule has 0 amide bonds. The molecule has 1 aliphatic rings. The molecule has 7 heteroatoms. The van der Waals surface area contributed by atoms with Gasteiger partial charge in [0.1, 0.15) is 6.26 Å². The summed E-state index contributed by atoms with van der Waals surface area (Å²) in [7, 11) is -3.49. The largest absolute Gasteiger partial charge is 0.450 e. The molecule has 0 bridgehead atoms. The molecule has 0 spiro atoms. The Morgan fingerprint density at radius 2 is 2.07 bits per heavy atom. The number of fused-ring (bicyclic) bond motifs is 1. The first-order valence-electron chi connectivity index (χ1n) is 10.1. The average molecular weight is 422 g/mol. The maximum Gasteiger partial charge on any atom is 0.202 e. The molecular weight excluding hydrogens is 398 g/mol. The summed E-state index contributed by atoms with van der Waals surface area (Å²) in [5, 5.41) is 1.26. The van der Waals surface area contributed by atoms with Crippen LogP contribution in [0.2, 0.25) is 0 Å². The minimum atomic E-state index is -3.49. The number of nitrogens with one attached hydrogen (secondary N) is 1. The Morgan fingerprint density at radius 1 is 1.17 bits per heavy atom. The lowest BCUT2D eigenvalue weighted by Crippen LogP contribution is -2.19. The molecule has 0 saturated carbocycles. The van der Waals surface area contributed by atoms with Gasteiger partial charge in [-0.1, -0.05) is 42.5 Å². The Labute approximate surface area is 175 Å². The second-order valence-electron chi connectivity index (χ2n) is 7.91. The smallest absolute Gasteiger partial charge is 0.202 e. The molecule has 1 unspecified atom stereocenters. The van der Waals surface area contributed by atoms with Crippen LogP contribution in [0.25, 0.3) is 10.9 Å². The first kappa shape index (κ1) is 19.1. The summed E-state index contributed by atoms with van der Waals surface area (Å²) in [6.45, 7) is 2.92. The predicted octanol–water partition coefficient (Wildman–Crippen LogP) is 4.12. The molecule has 5 rings (SSSR count). The molecule has 1 fully saturated rings. The van der Waals surface area contributed by atoms with E-state index in [1.165, 1.54) is 28.3 Å². The summed E-state index contributed by atoms with van der Waals surface area (Å²) in [6, 6.07) is 16.3. The maximum absolute atomic E-state index is 12.5. The molecule has 1 saturated heterocycles. The molecule has 1 aliphatic heterocycles. The highest BCUT2D eigenvalue weighted by molar-refractivity contribution is 7.90. The standard InChI is InChI=1S/C23H23N3O3S/c27-30(28,23-14-29-16-25-23)15-17-4-3-5-18(10-17)19-8-9-26(12-19)13-20-11-24-22-7-2-1-6-21(20)22/h1-7,10-11,14,16,19,24H,8-9,12-13,15H2. The fourth-order valence-corrected chi connectivity index (χ4v) is 5.51. The number of rotatable bonds is 6. The van der Waals surface area contributed by atoms with Crippen LogP contribution in [0.1, 0.15) is 29.0 Å². The third-order valence-corrected chi connectivity index (χ3v) is 7.40. The summed E-state index contributed by atoms with van der Waals surface area (Å²) >= 11 is 0. The van der Waals surface area contributed by atoms with Crippen molar-refractivity contribution >= 4 is 20.7 Å². The molecule has 154 valence electrons. The number of aromatic amines is 1. The molecule has 0 aliphatic carbocycles. The zero-order chi connectivity index (χ0) is 20.6. The topological polar surface area (TPSA) is 79.2 Å². The van der Waals surface area contributed by atoms with Gasteiger partial charge in [0.2, 0.25) is 9.84 Å². The highest BCUT2D eigenvalue weighted by Gasteiger charge is 2.25. The molecule has 1 N–H and O–H groups in total. The fourth-order valence-electron chi connectivity index (χ4n) is 4.34. The molecular formula is C23H23N3O3S. The lowest BCUT2D eigenvalue weighted by molar-refractivity contribution is 0.328. The van der Waals surface area contributed by atoms with Gasteiger partial charge in [-0.15, -0.1) is 0 Å². The summed E-state index contributed by atoms with van der Waals surface area (Å²) in [5.41, 5.74) is 4.47. The first-order valence-corrected chi connectivity index (χ1v) is 11.7. The van der Waals surface area contributed by atoms with Crippen molar-refractivity contribution < 1.29 is 12.8 Å². The van der Waals surface area contributed by atoms with Gasteiger partial charge in [-0.25, -0.2) is 13.4 Å². The summed E-state index contributed by atoms with van der Waals surface area (Å²) < 4.78 is 29.8. The molecule has 1 atom stereocenters. The van der Waals surface area contributed by atoms with Crippen molar-refractivity contribution in [3.63, 3.8) is 0 Å². The van der Waals surface area contributed by atoms with Crippen LogP contribution in [0.4, 0.5) is 0 Å². The van der Waals surface area contributed by atoms with E-state index < -0.39 is 9.84 Å². The second-order valence-corrected chi connectivity index (χ2v) is 9.85. The van der Waals surface area contributed by atoms with Crippen molar-refractivity contribution in [3.05, 3.63) is 84.1 Å². The van der Waals surface area contributed by atoms with E-state index in [4.69, 9.17) is 4.42 Å². The van der Waals surface area contributed by atoms with Gasteiger partial charge in [-0.05, 0) is 41.6 Å². The number of likely N-dealkylation sites (tertiary alicyclic amines) is 1. The van der Waals surface area contributed by atoms with Crippen molar-refractivity contribution in [3.8, 4) is 0 Å². The van der Waals surface area contributed by atoms with E-state index in [1.807, 2.05) is 24.3 Å². The number of H-pyrrole nitrogens is 1. The molecule has 30 heavy (non-hydrogen) atoms. The monoisotopic (exact) mass is 421 g/mol. The van der Waals surface area contributed by atoms with Crippen LogP contribution in [-0.2, 0) is 22.1 Å². The molecule has 6 nitrogen and oxygen atoms in total. The average Bonchev–Trinajstić information content (AvgIpc) is 3.50. The molecule has 0 radical (unpaired) electrons. The van der Waals surface area contributed by atoms with Gasteiger partial charge in [0.05, 0.1) is 5.75 Å². The van der Waals surface area contributed by atoms with Crippen molar-refractivity contribution in [1.29, 1.82) is 0 Å². The maximum atomic E-state index is 12.5. The van der Waals surface area contributed by atoms with Crippen molar-refractivity contribution in [1.82, 2.24) is 14.9 Å². The van der Waals surface area contributed by atoms with Crippen LogP contribution in [-0.4, -0.2) is 36.4 Å². The van der Waals surface area contributed by atoms with E-state index >= 15 is 0 Å². The number of hydrogen-bond donors (Lipinski definition) is 1. The second kappa shape index (κ2) is 7.74. The van der Waals surface area contributed by atoms with E-state index in [0.717, 1.165) is 38.0 Å². The quantitative estimate of drug-likeness (QED) is 0.507. The number of oxazole rings is 1. The van der Waals surface area contributed by atoms with Crippen LogP contribution < -0.4 is 0 Å². The third-order valence-electron chi connectivity index (χ3n) is 5.85. The summed E-state index contributed by atoms with van der Waals surface area (Å²) in [4.78, 5) is 9.61. The molecule has 3 heterocycles. The zero-order valence-corrected chi connectivity index (χ0v) is 17.3. The fraction of sp³-hybridized carbons (Fsp3) is 0.261. The van der Waals surface area contributed by atoms with Gasteiger partial charge in [0.15, 0.2) is 11.4 Å². The number of para-hydroxylation sites is 1. The van der Waals surface area contributed by atoms with E-state index in [2.05, 4.69) is 45.3 Å². The first-order chi connectivity index (χ1) is 14.6. The normalized spacial score (nSPS) is 17.7. The predicted molar refractivity (Wildman–Crippen MR) is 115 cm³/mol. The number of aromatic nitrogens is 2. The van der Waals surface area contributed by atoms with Gasteiger partial charge in [-0.2, -0.15) is 0 Å². The van der Waals surface area contributed by atoms with Crippen LogP contribution in [0, 0.1) is 0 Å². The number of sulfone groups is 1. The Balaban J connectivity index is 1.28. The Morgan fingerprint density at radius 3 is 2.93 bits per heavy atom. The van der Waals surface area contributed by atoms with E-state index in [-0.39, 0.29) is 10.8 Å². The molecule has 2 aromatic carbocycles. The van der Waals surface area contributed by atoms with Crippen LogP contribution in [0.3, 0.4) is 0 Å². The van der Waals surface area contributed by atoms with Gasteiger partial charge < -0.3 is 9.40 Å². The van der Waals surface area contributed by atoms with Gasteiger partial charge in [0.25, 0.3) is 0 Å². The van der Waals surface area contributed by atoms with Gasteiger partial charge in [0, 0.05) is 30.2 Å². The highest BCUT2D eigenvalue weighted by Crippen LogP contribution is 2.30. The SMILES string of the molecule is O=S(=O)(Cc1cccc(C2CCN(Cc3c[nH]c4ccccc34)C2)c1)c1cocn1. The van der Waals surface area contributed by atoms with E-state index in [9.17, 15) is 8.42 Å². The van der Waals surface area contributed by atoms with Crippen LogP contribution >= 0.6 is 0 Å². The minimum Gasteiger partial charge on any atom is -0.450 e. The van der Waals surface area contributed by atoms with E-state index in [0.29, 0.717) is 5.92 Å². The third kappa shape index (κ3) is 3.78. The molecule has 2 aromatic heterocycles. The van der Waals surface area contributed by atoms with Crippen molar-refractivity contribution in [2.24, 2.45) is 0 Å². The summed E-state index contributed by atoms with van der Waals surface area (Å²) in [5.74, 6) is 0.337. The van der Waals surface area contributed by atoms with Crippen molar-refractivity contribution in [2.45, 2.75) is 29.7 Å². The Bertz CT molecular complexity index is 1260. The van der Waals surface area contributed by atoms with Gasteiger partial charge in [-0.3, -0.25) is 4.90 Å². The number of benzene rings is 2. The lowest BCUT2D eigenvalue weighted by Gasteiger charge is -2.16. The summed E-state index contributed by atoms with van der Waals surface area (Å²) in [6.07, 6.45) is 5.50. The van der Waals surface area contributed by atoms with E-state index in [1.54, 1.807) is 0 Å². The number of hydrogen-bond acceptors (Lipinski definition) is 5. The number of nitrogens with zero attached hydrogens (tertiary/aromatic N) is 2. The highest BCUT2D eigenvalue weighted by atomic mass is 32.2. The van der Waals surface area contributed by atoms with Crippen LogP contribution in [0.5, 0.6) is 0 Å². The lowest BCUT2D eigenvalue weighted by atomic mass is 9.97. The van der Waals surface area contributed by atoms with Crippen molar-refractivity contribution in [2.75, 3.05) is 13.1 Å². The van der Waals surface area contributed by atoms with Gasteiger partial charge >= 0.3 is 0 Å². The minimum absolute atomic E-state index is 0.0151. The zero-order valence-electron chi connectivity index (χ0n) is 16.5. The van der Waals surface area contributed by atoms with Crippen LogP contribution in [0.15, 0.2) is 76.8 Å². The molecule has 4 aromatic rings. The Hall–Kier alpha value is -2.90. The Kier molecular flexibility index (Phi) is 4.92.